The Morgan fingerprint density at radius 2 is 2.33 bits per heavy atom. The molecule has 1 aliphatic heterocycles. The van der Waals surface area contributed by atoms with Gasteiger partial charge in [-0.05, 0) is 32.9 Å². The van der Waals surface area contributed by atoms with Gasteiger partial charge >= 0.3 is 0 Å². The van der Waals surface area contributed by atoms with Crippen LogP contribution < -0.4 is 5.32 Å². The summed E-state index contributed by atoms with van der Waals surface area (Å²) in [5.74, 6) is 0.594. The first kappa shape index (κ1) is 15.7. The van der Waals surface area contributed by atoms with Gasteiger partial charge in [0.05, 0.1) is 12.4 Å². The van der Waals surface area contributed by atoms with Crippen molar-refractivity contribution in [2.75, 3.05) is 39.0 Å². The van der Waals surface area contributed by atoms with E-state index in [1.54, 1.807) is 11.1 Å². The van der Waals surface area contributed by atoms with Crippen molar-refractivity contribution in [2.24, 2.45) is 0 Å². The van der Waals surface area contributed by atoms with Crippen LogP contribution in [0.5, 0.6) is 0 Å². The van der Waals surface area contributed by atoms with Gasteiger partial charge in [-0.15, -0.1) is 0 Å². The standard InChI is InChI=1S/C15H25N5O/c1-4-7-17-14-10-16-9-13(18-14)15(21)20(3)11-12-6-5-8-19(12)2/h9-10,12H,4-8,11H2,1-3H3,(H,17,18). The zero-order valence-electron chi connectivity index (χ0n) is 13.2. The molecule has 1 fully saturated rings. The van der Waals surface area contributed by atoms with Gasteiger partial charge in [-0.1, -0.05) is 6.92 Å². The lowest BCUT2D eigenvalue weighted by atomic mass is 10.2. The molecule has 1 amide bonds. The van der Waals surface area contributed by atoms with Crippen molar-refractivity contribution in [3.05, 3.63) is 18.1 Å². The Bertz CT molecular complexity index is 479. The van der Waals surface area contributed by atoms with Crippen molar-refractivity contribution in [2.45, 2.75) is 32.2 Å². The molecule has 1 aromatic heterocycles. The fraction of sp³-hybridized carbons (Fsp3) is 0.667. The van der Waals surface area contributed by atoms with Crippen LogP contribution in [-0.4, -0.2) is 65.4 Å². The molecule has 2 rings (SSSR count). The summed E-state index contributed by atoms with van der Waals surface area (Å²) in [6.45, 7) is 4.77. The second-order valence-electron chi connectivity index (χ2n) is 5.68. The predicted octanol–water partition coefficient (Wildman–Crippen LogP) is 1.46. The lowest BCUT2D eigenvalue weighted by Gasteiger charge is -2.25. The number of nitrogens with zero attached hydrogens (tertiary/aromatic N) is 4. The Labute approximate surface area is 126 Å². The van der Waals surface area contributed by atoms with E-state index in [0.717, 1.165) is 32.5 Å². The highest BCUT2D eigenvalue weighted by molar-refractivity contribution is 5.92. The van der Waals surface area contributed by atoms with Crippen molar-refractivity contribution in [3.63, 3.8) is 0 Å². The Morgan fingerprint density at radius 3 is 3.00 bits per heavy atom. The average molecular weight is 291 g/mol. The highest BCUT2D eigenvalue weighted by atomic mass is 16.2. The van der Waals surface area contributed by atoms with E-state index in [4.69, 9.17) is 0 Å². The minimum absolute atomic E-state index is 0.0667. The van der Waals surface area contributed by atoms with Crippen LogP contribution in [0.25, 0.3) is 0 Å². The third kappa shape index (κ3) is 4.14. The topological polar surface area (TPSA) is 61.4 Å². The number of carbonyl (C=O) groups is 1. The third-order valence-electron chi connectivity index (χ3n) is 3.91. The number of rotatable bonds is 6. The Morgan fingerprint density at radius 1 is 1.52 bits per heavy atom. The van der Waals surface area contributed by atoms with Gasteiger partial charge in [0.25, 0.3) is 5.91 Å². The zero-order valence-corrected chi connectivity index (χ0v) is 13.2. The molecule has 1 N–H and O–H groups in total. The molecule has 1 aromatic rings. The molecule has 1 atom stereocenters. The highest BCUT2D eigenvalue weighted by Gasteiger charge is 2.24. The first-order chi connectivity index (χ1) is 10.1. The molecule has 116 valence electrons. The fourth-order valence-corrected chi connectivity index (χ4v) is 2.61. The number of amides is 1. The van der Waals surface area contributed by atoms with Crippen molar-refractivity contribution in [3.8, 4) is 0 Å². The molecular formula is C15H25N5O. The van der Waals surface area contributed by atoms with Crippen molar-refractivity contribution < 1.29 is 4.79 Å². The maximum atomic E-state index is 12.4. The maximum Gasteiger partial charge on any atom is 0.273 e. The number of nitrogens with one attached hydrogen (secondary N) is 1. The van der Waals surface area contributed by atoms with Crippen molar-refractivity contribution >= 4 is 11.7 Å². The minimum Gasteiger partial charge on any atom is -0.369 e. The molecule has 0 spiro atoms. The van der Waals surface area contributed by atoms with E-state index in [1.807, 2.05) is 7.05 Å². The summed E-state index contributed by atoms with van der Waals surface area (Å²) in [6, 6.07) is 0.452. The van der Waals surface area contributed by atoms with Crippen LogP contribution in [-0.2, 0) is 0 Å². The summed E-state index contributed by atoms with van der Waals surface area (Å²) in [5, 5.41) is 3.16. The molecule has 0 saturated carbocycles. The summed E-state index contributed by atoms with van der Waals surface area (Å²) < 4.78 is 0. The Hall–Kier alpha value is -1.69. The molecule has 2 heterocycles. The second-order valence-corrected chi connectivity index (χ2v) is 5.68. The molecule has 1 aliphatic rings. The first-order valence-corrected chi connectivity index (χ1v) is 7.63. The van der Waals surface area contributed by atoms with E-state index in [1.165, 1.54) is 12.6 Å². The molecule has 6 nitrogen and oxygen atoms in total. The normalized spacial score (nSPS) is 18.7. The smallest absolute Gasteiger partial charge is 0.273 e. The second kappa shape index (κ2) is 7.36. The summed E-state index contributed by atoms with van der Waals surface area (Å²) in [6.07, 6.45) is 6.55. The van der Waals surface area contributed by atoms with Gasteiger partial charge in [-0.2, -0.15) is 0 Å². The van der Waals surface area contributed by atoms with Gasteiger partial charge in [0.2, 0.25) is 0 Å². The van der Waals surface area contributed by atoms with Crippen molar-refractivity contribution in [1.29, 1.82) is 0 Å². The Balaban J connectivity index is 1.98. The maximum absolute atomic E-state index is 12.4. The monoisotopic (exact) mass is 291 g/mol. The van der Waals surface area contributed by atoms with Crippen LogP contribution in [0.3, 0.4) is 0 Å². The van der Waals surface area contributed by atoms with E-state index < -0.39 is 0 Å². The molecule has 0 aromatic carbocycles. The lowest BCUT2D eigenvalue weighted by molar-refractivity contribution is 0.0755. The van der Waals surface area contributed by atoms with Crippen LogP contribution in [0.15, 0.2) is 12.4 Å². The fourth-order valence-electron chi connectivity index (χ4n) is 2.61. The number of likely N-dealkylation sites (N-methyl/N-ethyl adjacent to an activating group) is 2. The van der Waals surface area contributed by atoms with Crippen LogP contribution in [0.2, 0.25) is 0 Å². The van der Waals surface area contributed by atoms with Crippen LogP contribution in [0.1, 0.15) is 36.7 Å². The quantitative estimate of drug-likeness (QED) is 0.860. The summed E-state index contributed by atoms with van der Waals surface area (Å²) >= 11 is 0. The molecule has 0 bridgehead atoms. The van der Waals surface area contributed by atoms with E-state index in [0.29, 0.717) is 17.6 Å². The zero-order chi connectivity index (χ0) is 15.2. The number of likely N-dealkylation sites (tertiary alicyclic amines) is 1. The Kier molecular flexibility index (Phi) is 5.50. The number of anilines is 1. The number of aromatic nitrogens is 2. The molecule has 0 aliphatic carbocycles. The van der Waals surface area contributed by atoms with Gasteiger partial charge in [-0.25, -0.2) is 4.98 Å². The molecule has 0 radical (unpaired) electrons. The predicted molar refractivity (Wildman–Crippen MR) is 83.4 cm³/mol. The number of carbonyl (C=O) groups excluding carboxylic acids is 1. The van der Waals surface area contributed by atoms with Crippen LogP contribution in [0.4, 0.5) is 5.82 Å². The van der Waals surface area contributed by atoms with E-state index >= 15 is 0 Å². The average Bonchev–Trinajstić information content (AvgIpc) is 2.90. The first-order valence-electron chi connectivity index (χ1n) is 7.63. The van der Waals surface area contributed by atoms with E-state index in [9.17, 15) is 4.79 Å². The van der Waals surface area contributed by atoms with E-state index in [-0.39, 0.29) is 5.91 Å². The molecule has 1 saturated heterocycles. The van der Waals surface area contributed by atoms with Gasteiger partial charge in [0.15, 0.2) is 0 Å². The van der Waals surface area contributed by atoms with Crippen LogP contribution >= 0.6 is 0 Å². The molecule has 1 unspecified atom stereocenters. The molecule has 21 heavy (non-hydrogen) atoms. The summed E-state index contributed by atoms with van der Waals surface area (Å²) in [4.78, 5) is 25.0. The van der Waals surface area contributed by atoms with Gasteiger partial charge in [0.1, 0.15) is 11.5 Å². The SMILES string of the molecule is CCCNc1cncc(C(=O)N(C)CC2CCCN2C)n1. The van der Waals surface area contributed by atoms with Crippen molar-refractivity contribution in [1.82, 2.24) is 19.8 Å². The minimum atomic E-state index is -0.0667. The highest BCUT2D eigenvalue weighted by Crippen LogP contribution is 2.16. The summed E-state index contributed by atoms with van der Waals surface area (Å²) in [7, 11) is 3.95. The van der Waals surface area contributed by atoms with Crippen LogP contribution in [0, 0.1) is 0 Å². The van der Waals surface area contributed by atoms with E-state index in [2.05, 4.69) is 34.2 Å². The number of hydrogen-bond donors (Lipinski definition) is 1. The van der Waals surface area contributed by atoms with Gasteiger partial charge < -0.3 is 15.1 Å². The number of hydrogen-bond acceptors (Lipinski definition) is 5. The largest absolute Gasteiger partial charge is 0.369 e. The summed E-state index contributed by atoms with van der Waals surface area (Å²) in [5.41, 5.74) is 0.402. The molecule has 6 heteroatoms. The molecular weight excluding hydrogens is 266 g/mol. The third-order valence-corrected chi connectivity index (χ3v) is 3.91. The van der Waals surface area contributed by atoms with Gasteiger partial charge in [-0.3, -0.25) is 9.78 Å². The van der Waals surface area contributed by atoms with Gasteiger partial charge in [0, 0.05) is 26.2 Å². The lowest BCUT2D eigenvalue weighted by Crippen LogP contribution is -2.39.